The van der Waals surface area contributed by atoms with Crippen molar-refractivity contribution in [2.24, 2.45) is 0 Å². The Morgan fingerprint density at radius 3 is 2.00 bits per heavy atom. The van der Waals surface area contributed by atoms with E-state index < -0.39 is 71.4 Å². The molecule has 0 amide bonds. The Labute approximate surface area is 166 Å². The summed E-state index contributed by atoms with van der Waals surface area (Å²) in [4.78, 5) is 0. The van der Waals surface area contributed by atoms with E-state index in [1.54, 1.807) is 18.2 Å². The van der Waals surface area contributed by atoms with E-state index in [2.05, 4.69) is 0 Å². The van der Waals surface area contributed by atoms with E-state index in [-0.39, 0.29) is 0 Å². The highest BCUT2D eigenvalue weighted by atomic mass is 32.2. The van der Waals surface area contributed by atoms with E-state index in [1.165, 1.54) is 12.1 Å². The number of hydrogen-bond donors (Lipinski definition) is 0. The molecule has 160 valence electrons. The molecule has 0 bridgehead atoms. The first-order valence-electron chi connectivity index (χ1n) is 8.11. The van der Waals surface area contributed by atoms with Crippen LogP contribution in [-0.4, -0.2) is 30.2 Å². The van der Waals surface area contributed by atoms with Gasteiger partial charge in [0.15, 0.2) is 19.7 Å². The standard InChI is InChI=1S/C18H18F4O5S2/c1-27-17-14(11-29(25,26)9-12-6-4-3-5-7-12)8-13(10-28(2,23)24)16(19)15(17)18(20,21)22/h3-8H,9-11H2,1-2H3. The van der Waals surface area contributed by atoms with E-state index in [9.17, 15) is 34.4 Å². The minimum absolute atomic E-state index is 0.418. The van der Waals surface area contributed by atoms with Crippen molar-refractivity contribution in [2.45, 2.75) is 23.4 Å². The van der Waals surface area contributed by atoms with Crippen molar-refractivity contribution in [3.8, 4) is 5.75 Å². The van der Waals surface area contributed by atoms with Crippen LogP contribution in [0.15, 0.2) is 36.4 Å². The lowest BCUT2D eigenvalue weighted by molar-refractivity contribution is -0.141. The van der Waals surface area contributed by atoms with E-state index in [1.807, 2.05) is 0 Å². The molecule has 0 heterocycles. The maximum Gasteiger partial charge on any atom is 0.422 e. The van der Waals surface area contributed by atoms with Crippen LogP contribution < -0.4 is 4.74 Å². The van der Waals surface area contributed by atoms with Gasteiger partial charge in [0.05, 0.1) is 24.4 Å². The fourth-order valence-electron chi connectivity index (χ4n) is 2.86. The summed E-state index contributed by atoms with van der Waals surface area (Å²) in [6.07, 6.45) is -4.49. The van der Waals surface area contributed by atoms with Crippen molar-refractivity contribution in [1.82, 2.24) is 0 Å². The van der Waals surface area contributed by atoms with Gasteiger partial charge in [-0.25, -0.2) is 21.2 Å². The number of rotatable bonds is 7. The molecule has 2 aromatic rings. The molecule has 0 unspecified atom stereocenters. The fourth-order valence-corrected chi connectivity index (χ4v) is 5.12. The number of hydrogen-bond acceptors (Lipinski definition) is 5. The number of methoxy groups -OCH3 is 1. The normalized spacial score (nSPS) is 12.8. The van der Waals surface area contributed by atoms with Crippen LogP contribution in [0.2, 0.25) is 0 Å². The van der Waals surface area contributed by atoms with E-state index in [0.29, 0.717) is 5.56 Å². The van der Waals surface area contributed by atoms with Crippen molar-refractivity contribution in [1.29, 1.82) is 0 Å². The summed E-state index contributed by atoms with van der Waals surface area (Å²) in [5.41, 5.74) is -2.65. The molecule has 0 radical (unpaired) electrons. The van der Waals surface area contributed by atoms with Gasteiger partial charge in [0.25, 0.3) is 0 Å². The Balaban J connectivity index is 2.61. The monoisotopic (exact) mass is 454 g/mol. The van der Waals surface area contributed by atoms with Gasteiger partial charge < -0.3 is 4.74 Å². The molecule has 0 saturated heterocycles. The third-order valence-corrected chi connectivity index (χ3v) is 6.24. The van der Waals surface area contributed by atoms with Crippen molar-refractivity contribution in [3.05, 3.63) is 64.5 Å². The van der Waals surface area contributed by atoms with Gasteiger partial charge in [-0.3, -0.25) is 0 Å². The quantitative estimate of drug-likeness (QED) is 0.599. The van der Waals surface area contributed by atoms with E-state index in [0.717, 1.165) is 19.4 Å². The predicted molar refractivity (Wildman–Crippen MR) is 99.3 cm³/mol. The van der Waals surface area contributed by atoms with Gasteiger partial charge in [-0.1, -0.05) is 30.3 Å². The van der Waals surface area contributed by atoms with E-state index >= 15 is 0 Å². The third-order valence-electron chi connectivity index (χ3n) is 3.88. The van der Waals surface area contributed by atoms with Gasteiger partial charge in [0.1, 0.15) is 17.1 Å². The minimum atomic E-state index is -5.22. The Morgan fingerprint density at radius 2 is 1.52 bits per heavy atom. The maximum atomic E-state index is 14.5. The second-order valence-electron chi connectivity index (χ2n) is 6.50. The number of halogens is 4. The fraction of sp³-hybridized carbons (Fsp3) is 0.333. The molecule has 0 aliphatic carbocycles. The van der Waals surface area contributed by atoms with Crippen LogP contribution in [0.25, 0.3) is 0 Å². The van der Waals surface area contributed by atoms with Gasteiger partial charge in [-0.15, -0.1) is 0 Å². The molecule has 0 aromatic heterocycles. The number of ether oxygens (including phenoxy) is 1. The van der Waals surface area contributed by atoms with Gasteiger partial charge in [-0.05, 0) is 11.6 Å². The van der Waals surface area contributed by atoms with Gasteiger partial charge >= 0.3 is 6.18 Å². The van der Waals surface area contributed by atoms with Crippen LogP contribution in [0.4, 0.5) is 17.6 Å². The molecule has 0 aliphatic rings. The van der Waals surface area contributed by atoms with Gasteiger partial charge in [0.2, 0.25) is 0 Å². The zero-order valence-electron chi connectivity index (χ0n) is 15.5. The first kappa shape index (κ1) is 23.1. The maximum absolute atomic E-state index is 14.5. The molecule has 2 rings (SSSR count). The summed E-state index contributed by atoms with van der Waals surface area (Å²) in [5, 5.41) is 0. The second kappa shape index (κ2) is 8.31. The lowest BCUT2D eigenvalue weighted by atomic mass is 10.0. The van der Waals surface area contributed by atoms with Crippen LogP contribution in [0.3, 0.4) is 0 Å². The lowest BCUT2D eigenvalue weighted by Gasteiger charge is -2.19. The second-order valence-corrected chi connectivity index (χ2v) is 10.7. The summed E-state index contributed by atoms with van der Waals surface area (Å²) in [5.74, 6) is -5.15. The minimum Gasteiger partial charge on any atom is -0.496 e. The Hall–Kier alpha value is -2.14. The molecule has 0 aliphatic heterocycles. The molecule has 2 aromatic carbocycles. The van der Waals surface area contributed by atoms with Crippen molar-refractivity contribution < 1.29 is 39.1 Å². The molecule has 0 N–H and O–H groups in total. The number of benzene rings is 2. The molecular weight excluding hydrogens is 436 g/mol. The molecule has 0 saturated carbocycles. The summed E-state index contributed by atoms with van der Waals surface area (Å²) in [6, 6.07) is 8.76. The summed E-state index contributed by atoms with van der Waals surface area (Å²) in [7, 11) is -7.01. The first-order valence-corrected chi connectivity index (χ1v) is 12.0. The summed E-state index contributed by atoms with van der Waals surface area (Å²) >= 11 is 0. The SMILES string of the molecule is COc1c(CS(=O)(=O)Cc2ccccc2)cc(CS(C)(=O)=O)c(F)c1C(F)(F)F. The third kappa shape index (κ3) is 6.17. The first-order chi connectivity index (χ1) is 13.2. The molecule has 5 nitrogen and oxygen atoms in total. The van der Waals surface area contributed by atoms with Crippen LogP contribution in [-0.2, 0) is 43.1 Å². The zero-order chi connectivity index (χ0) is 22.0. The zero-order valence-corrected chi connectivity index (χ0v) is 17.1. The molecule has 29 heavy (non-hydrogen) atoms. The average molecular weight is 454 g/mol. The topological polar surface area (TPSA) is 77.5 Å². The molecule has 0 fully saturated rings. The average Bonchev–Trinajstić information content (AvgIpc) is 2.55. The van der Waals surface area contributed by atoms with Gasteiger partial charge in [-0.2, -0.15) is 13.2 Å². The lowest BCUT2D eigenvalue weighted by Crippen LogP contribution is -2.17. The largest absolute Gasteiger partial charge is 0.496 e. The smallest absolute Gasteiger partial charge is 0.422 e. The Kier molecular flexibility index (Phi) is 6.63. The van der Waals surface area contributed by atoms with Crippen LogP contribution >= 0.6 is 0 Å². The predicted octanol–water partition coefficient (Wildman–Crippen LogP) is 3.51. The number of alkyl halides is 3. The molecular formula is C18H18F4O5S2. The van der Waals surface area contributed by atoms with Crippen molar-refractivity contribution in [2.75, 3.05) is 13.4 Å². The van der Waals surface area contributed by atoms with Crippen molar-refractivity contribution in [3.63, 3.8) is 0 Å². The Morgan fingerprint density at radius 1 is 0.931 bits per heavy atom. The van der Waals surface area contributed by atoms with Crippen LogP contribution in [0.5, 0.6) is 5.75 Å². The highest BCUT2D eigenvalue weighted by molar-refractivity contribution is 7.90. The van der Waals surface area contributed by atoms with Crippen LogP contribution in [0, 0.1) is 5.82 Å². The van der Waals surface area contributed by atoms with Crippen molar-refractivity contribution >= 4 is 19.7 Å². The van der Waals surface area contributed by atoms with Crippen LogP contribution in [0.1, 0.15) is 22.3 Å². The number of sulfone groups is 2. The molecule has 11 heteroatoms. The Bertz CT molecular complexity index is 1090. The molecule has 0 spiro atoms. The molecule has 0 atom stereocenters. The van der Waals surface area contributed by atoms with E-state index in [4.69, 9.17) is 4.74 Å². The summed E-state index contributed by atoms with van der Waals surface area (Å²) < 4.78 is 108. The summed E-state index contributed by atoms with van der Waals surface area (Å²) in [6.45, 7) is 0. The highest BCUT2D eigenvalue weighted by Crippen LogP contribution is 2.42. The highest BCUT2D eigenvalue weighted by Gasteiger charge is 2.41. The van der Waals surface area contributed by atoms with Gasteiger partial charge in [0, 0.05) is 17.4 Å².